The van der Waals surface area contributed by atoms with Gasteiger partial charge >= 0.3 is 0 Å². The van der Waals surface area contributed by atoms with Crippen LogP contribution in [-0.2, 0) is 0 Å². The van der Waals surface area contributed by atoms with E-state index in [1.807, 2.05) is 45.0 Å². The number of carbonyl (C=O) groups is 1. The lowest BCUT2D eigenvalue weighted by molar-refractivity contribution is 0.0987. The SMILES string of the molecule is CCOc1ccc(C(=O)N(CC)c2ccccc2C)cc1OC. The van der Waals surface area contributed by atoms with Crippen molar-refractivity contribution in [2.75, 3.05) is 25.2 Å². The summed E-state index contributed by atoms with van der Waals surface area (Å²) in [5.41, 5.74) is 2.57. The Morgan fingerprint density at radius 1 is 1.09 bits per heavy atom. The molecule has 0 aliphatic carbocycles. The van der Waals surface area contributed by atoms with Crippen molar-refractivity contribution in [2.45, 2.75) is 20.8 Å². The summed E-state index contributed by atoms with van der Waals surface area (Å²) in [7, 11) is 1.57. The predicted octanol–water partition coefficient (Wildman–Crippen LogP) is 4.07. The van der Waals surface area contributed by atoms with E-state index in [1.165, 1.54) is 0 Å². The third-order valence-electron chi connectivity index (χ3n) is 3.68. The zero-order valence-electron chi connectivity index (χ0n) is 14.1. The van der Waals surface area contributed by atoms with E-state index >= 15 is 0 Å². The molecular weight excluding hydrogens is 290 g/mol. The second-order valence-corrected chi connectivity index (χ2v) is 5.13. The van der Waals surface area contributed by atoms with Crippen LogP contribution in [0, 0.1) is 6.92 Å². The molecule has 122 valence electrons. The molecule has 0 saturated heterocycles. The van der Waals surface area contributed by atoms with E-state index in [0.717, 1.165) is 11.3 Å². The van der Waals surface area contributed by atoms with Crippen molar-refractivity contribution in [3.8, 4) is 11.5 Å². The largest absolute Gasteiger partial charge is 0.493 e. The molecule has 1 amide bonds. The van der Waals surface area contributed by atoms with E-state index in [1.54, 1.807) is 30.2 Å². The van der Waals surface area contributed by atoms with Gasteiger partial charge in [0, 0.05) is 17.8 Å². The van der Waals surface area contributed by atoms with Gasteiger partial charge in [-0.1, -0.05) is 18.2 Å². The highest BCUT2D eigenvalue weighted by atomic mass is 16.5. The number of hydrogen-bond donors (Lipinski definition) is 0. The van der Waals surface area contributed by atoms with E-state index in [-0.39, 0.29) is 5.91 Å². The molecule has 0 spiro atoms. The van der Waals surface area contributed by atoms with Crippen LogP contribution in [0.4, 0.5) is 5.69 Å². The van der Waals surface area contributed by atoms with Crippen molar-refractivity contribution in [1.82, 2.24) is 0 Å². The second-order valence-electron chi connectivity index (χ2n) is 5.13. The predicted molar refractivity (Wildman–Crippen MR) is 92.7 cm³/mol. The average molecular weight is 313 g/mol. The molecular formula is C19H23NO3. The zero-order valence-corrected chi connectivity index (χ0v) is 14.1. The van der Waals surface area contributed by atoms with Crippen molar-refractivity contribution >= 4 is 11.6 Å². The number of para-hydroxylation sites is 1. The number of hydrogen-bond acceptors (Lipinski definition) is 3. The van der Waals surface area contributed by atoms with Gasteiger partial charge in [0.1, 0.15) is 0 Å². The Labute approximate surface area is 137 Å². The molecule has 2 rings (SSSR count). The van der Waals surface area contributed by atoms with Gasteiger partial charge in [-0.15, -0.1) is 0 Å². The number of ether oxygens (including phenoxy) is 2. The van der Waals surface area contributed by atoms with Crippen LogP contribution in [0.2, 0.25) is 0 Å². The first-order valence-corrected chi connectivity index (χ1v) is 7.80. The van der Waals surface area contributed by atoms with Gasteiger partial charge in [0.2, 0.25) is 0 Å². The molecule has 4 nitrogen and oxygen atoms in total. The zero-order chi connectivity index (χ0) is 16.8. The molecule has 2 aromatic rings. The number of methoxy groups -OCH3 is 1. The minimum atomic E-state index is -0.0526. The van der Waals surface area contributed by atoms with Crippen LogP contribution < -0.4 is 14.4 Å². The van der Waals surface area contributed by atoms with Gasteiger partial charge in [-0.2, -0.15) is 0 Å². The molecule has 0 unspecified atom stereocenters. The van der Waals surface area contributed by atoms with Crippen LogP contribution >= 0.6 is 0 Å². The van der Waals surface area contributed by atoms with Gasteiger partial charge in [-0.25, -0.2) is 0 Å². The van der Waals surface area contributed by atoms with Crippen molar-refractivity contribution in [3.63, 3.8) is 0 Å². The van der Waals surface area contributed by atoms with Crippen molar-refractivity contribution in [3.05, 3.63) is 53.6 Å². The summed E-state index contributed by atoms with van der Waals surface area (Å²) in [6.07, 6.45) is 0. The summed E-state index contributed by atoms with van der Waals surface area (Å²) >= 11 is 0. The number of benzene rings is 2. The smallest absolute Gasteiger partial charge is 0.258 e. The van der Waals surface area contributed by atoms with Crippen molar-refractivity contribution < 1.29 is 14.3 Å². The number of nitrogens with zero attached hydrogens (tertiary/aromatic N) is 1. The quantitative estimate of drug-likeness (QED) is 0.807. The second kappa shape index (κ2) is 7.68. The lowest BCUT2D eigenvalue weighted by atomic mass is 10.1. The molecule has 23 heavy (non-hydrogen) atoms. The summed E-state index contributed by atoms with van der Waals surface area (Å²) in [6, 6.07) is 13.2. The highest BCUT2D eigenvalue weighted by Crippen LogP contribution is 2.29. The van der Waals surface area contributed by atoms with Crippen LogP contribution in [0.25, 0.3) is 0 Å². The van der Waals surface area contributed by atoms with Gasteiger partial charge in [-0.3, -0.25) is 4.79 Å². The number of anilines is 1. The van der Waals surface area contributed by atoms with Gasteiger partial charge in [0.25, 0.3) is 5.91 Å². The Balaban J connectivity index is 2.36. The minimum absolute atomic E-state index is 0.0526. The van der Waals surface area contributed by atoms with Crippen LogP contribution in [0.3, 0.4) is 0 Å². The van der Waals surface area contributed by atoms with E-state index in [2.05, 4.69) is 0 Å². The molecule has 2 aromatic carbocycles. The minimum Gasteiger partial charge on any atom is -0.493 e. The first-order chi connectivity index (χ1) is 11.1. The van der Waals surface area contributed by atoms with Crippen LogP contribution in [0.5, 0.6) is 11.5 Å². The maximum absolute atomic E-state index is 12.9. The number of carbonyl (C=O) groups excluding carboxylic acids is 1. The third-order valence-corrected chi connectivity index (χ3v) is 3.68. The average Bonchev–Trinajstić information content (AvgIpc) is 2.57. The van der Waals surface area contributed by atoms with Crippen molar-refractivity contribution in [1.29, 1.82) is 0 Å². The van der Waals surface area contributed by atoms with Crippen LogP contribution in [0.1, 0.15) is 29.8 Å². The molecule has 4 heteroatoms. The molecule has 0 N–H and O–H groups in total. The first kappa shape index (κ1) is 16.9. The van der Waals surface area contributed by atoms with Gasteiger partial charge < -0.3 is 14.4 Å². The van der Waals surface area contributed by atoms with Gasteiger partial charge in [0.15, 0.2) is 11.5 Å². The summed E-state index contributed by atoms with van der Waals surface area (Å²) in [5.74, 6) is 1.16. The summed E-state index contributed by atoms with van der Waals surface area (Å²) in [5, 5.41) is 0. The van der Waals surface area contributed by atoms with E-state index in [9.17, 15) is 4.79 Å². The Kier molecular flexibility index (Phi) is 5.63. The standard InChI is InChI=1S/C19H23NO3/c1-5-20(16-10-8-7-9-14(16)3)19(21)15-11-12-17(23-6-2)18(13-15)22-4/h7-13H,5-6H2,1-4H3. The van der Waals surface area contributed by atoms with Gasteiger partial charge in [-0.05, 0) is 50.6 Å². The normalized spacial score (nSPS) is 10.3. The molecule has 0 bridgehead atoms. The highest BCUT2D eigenvalue weighted by molar-refractivity contribution is 6.06. The molecule has 0 aliphatic heterocycles. The highest BCUT2D eigenvalue weighted by Gasteiger charge is 2.19. The molecule has 0 heterocycles. The van der Waals surface area contributed by atoms with E-state index < -0.39 is 0 Å². The lowest BCUT2D eigenvalue weighted by Gasteiger charge is -2.23. The van der Waals surface area contributed by atoms with Crippen molar-refractivity contribution in [2.24, 2.45) is 0 Å². The fourth-order valence-electron chi connectivity index (χ4n) is 2.52. The summed E-state index contributed by atoms with van der Waals surface area (Å²) in [4.78, 5) is 14.7. The molecule has 0 aliphatic rings. The Morgan fingerprint density at radius 3 is 2.43 bits per heavy atom. The fraction of sp³-hybridized carbons (Fsp3) is 0.316. The summed E-state index contributed by atoms with van der Waals surface area (Å²) < 4.78 is 10.8. The Morgan fingerprint density at radius 2 is 1.83 bits per heavy atom. The van der Waals surface area contributed by atoms with E-state index in [0.29, 0.717) is 30.2 Å². The summed E-state index contributed by atoms with van der Waals surface area (Å²) in [6.45, 7) is 7.03. The Hall–Kier alpha value is -2.49. The fourth-order valence-corrected chi connectivity index (χ4v) is 2.52. The maximum atomic E-state index is 12.9. The number of aryl methyl sites for hydroxylation is 1. The van der Waals surface area contributed by atoms with Crippen LogP contribution in [-0.4, -0.2) is 26.2 Å². The third kappa shape index (κ3) is 3.65. The molecule has 0 saturated carbocycles. The molecule has 0 atom stereocenters. The Bertz CT molecular complexity index is 682. The molecule has 0 aromatic heterocycles. The number of amides is 1. The first-order valence-electron chi connectivity index (χ1n) is 7.80. The molecule has 0 radical (unpaired) electrons. The maximum Gasteiger partial charge on any atom is 0.258 e. The number of rotatable bonds is 6. The van der Waals surface area contributed by atoms with Crippen LogP contribution in [0.15, 0.2) is 42.5 Å². The molecule has 0 fully saturated rings. The monoisotopic (exact) mass is 313 g/mol. The van der Waals surface area contributed by atoms with Gasteiger partial charge in [0.05, 0.1) is 13.7 Å². The van der Waals surface area contributed by atoms with E-state index in [4.69, 9.17) is 9.47 Å². The topological polar surface area (TPSA) is 38.8 Å². The lowest BCUT2D eigenvalue weighted by Crippen LogP contribution is -2.31.